The summed E-state index contributed by atoms with van der Waals surface area (Å²) in [6, 6.07) is 30.7. The average Bonchev–Trinajstić information content (AvgIpc) is 2.79. The molecule has 0 saturated heterocycles. The first-order valence-electron chi connectivity index (χ1n) is 10.4. The van der Waals surface area contributed by atoms with Crippen molar-refractivity contribution in [3.05, 3.63) is 108 Å². The summed E-state index contributed by atoms with van der Waals surface area (Å²) in [6.45, 7) is 4.38. The van der Waals surface area contributed by atoms with E-state index in [1.165, 1.54) is 5.56 Å². The number of hydrogen-bond acceptors (Lipinski definition) is 2. The van der Waals surface area contributed by atoms with Gasteiger partial charge >= 0.3 is 0 Å². The minimum atomic E-state index is -0.269. The Hall–Kier alpha value is -3.59. The summed E-state index contributed by atoms with van der Waals surface area (Å²) in [4.78, 5) is 15.5. The zero-order valence-electron chi connectivity index (χ0n) is 17.2. The summed E-state index contributed by atoms with van der Waals surface area (Å²) >= 11 is 0. The topological polar surface area (TPSA) is 32.3 Å². The largest absolute Gasteiger partial charge is 0.360 e. The Balaban J connectivity index is 1.64. The zero-order chi connectivity index (χ0) is 20.7. The molecule has 0 aromatic heterocycles. The van der Waals surface area contributed by atoms with Gasteiger partial charge in [-0.1, -0.05) is 80.6 Å². The van der Waals surface area contributed by atoms with Crippen molar-refractivity contribution in [1.82, 2.24) is 0 Å². The first-order valence-corrected chi connectivity index (χ1v) is 10.4. The Labute approximate surface area is 177 Å². The van der Waals surface area contributed by atoms with Gasteiger partial charge in [-0.2, -0.15) is 0 Å². The summed E-state index contributed by atoms with van der Waals surface area (Å²) in [5.74, 6) is 0.481. The maximum atomic E-state index is 13.6. The number of carbonyl (C=O) groups is 1. The highest BCUT2D eigenvalue weighted by Crippen LogP contribution is 2.37. The number of fused-ring (bicyclic) bond motifs is 2. The Morgan fingerprint density at radius 2 is 1.50 bits per heavy atom. The highest BCUT2D eigenvalue weighted by atomic mass is 16.2. The molecule has 0 aliphatic carbocycles. The molecule has 0 spiro atoms. The molecule has 4 aromatic carbocycles. The van der Waals surface area contributed by atoms with Crippen molar-refractivity contribution >= 4 is 28.1 Å². The van der Waals surface area contributed by atoms with E-state index in [1.807, 2.05) is 47.4 Å². The Bertz CT molecular complexity index is 1230. The second-order valence-corrected chi connectivity index (χ2v) is 8.12. The van der Waals surface area contributed by atoms with Crippen molar-refractivity contribution in [2.24, 2.45) is 0 Å². The molecule has 1 N–H and O–H groups in total. The van der Waals surface area contributed by atoms with Gasteiger partial charge < -0.3 is 5.32 Å². The molecule has 3 nitrogen and oxygen atoms in total. The van der Waals surface area contributed by atoms with E-state index in [-0.39, 0.29) is 12.1 Å². The Morgan fingerprint density at radius 3 is 2.27 bits per heavy atom. The van der Waals surface area contributed by atoms with Crippen LogP contribution in [-0.2, 0) is 0 Å². The lowest BCUT2D eigenvalue weighted by molar-refractivity contribution is 0.0975. The van der Waals surface area contributed by atoms with Gasteiger partial charge in [0.25, 0.3) is 5.91 Å². The number of carbonyl (C=O) groups excluding carboxylic acids is 1. The first kappa shape index (κ1) is 18.4. The number of hydrogen-bond donors (Lipinski definition) is 1. The predicted molar refractivity (Wildman–Crippen MR) is 124 cm³/mol. The fraction of sp³-hybridized carbons (Fsp3) is 0.148. The van der Waals surface area contributed by atoms with Gasteiger partial charge in [-0.05, 0) is 52.1 Å². The van der Waals surface area contributed by atoms with Gasteiger partial charge in [-0.25, -0.2) is 0 Å². The fourth-order valence-electron chi connectivity index (χ4n) is 4.14. The van der Waals surface area contributed by atoms with Gasteiger partial charge in [0.1, 0.15) is 6.17 Å². The molecule has 30 heavy (non-hydrogen) atoms. The van der Waals surface area contributed by atoms with Crippen LogP contribution in [0.1, 0.15) is 47.4 Å². The maximum absolute atomic E-state index is 13.6. The highest BCUT2D eigenvalue weighted by molar-refractivity contribution is 6.12. The lowest BCUT2D eigenvalue weighted by Crippen LogP contribution is -2.43. The molecule has 4 aromatic rings. The lowest BCUT2D eigenvalue weighted by atomic mass is 9.98. The van der Waals surface area contributed by atoms with E-state index >= 15 is 0 Å². The van der Waals surface area contributed by atoms with E-state index in [1.54, 1.807) is 0 Å². The van der Waals surface area contributed by atoms with Crippen LogP contribution < -0.4 is 10.2 Å². The van der Waals surface area contributed by atoms with Gasteiger partial charge in [0.05, 0.1) is 5.56 Å². The third-order valence-corrected chi connectivity index (χ3v) is 5.86. The molecule has 1 atom stereocenters. The summed E-state index contributed by atoms with van der Waals surface area (Å²) < 4.78 is 0. The minimum Gasteiger partial charge on any atom is -0.360 e. The van der Waals surface area contributed by atoms with Crippen LogP contribution in [0.4, 0.5) is 11.4 Å². The van der Waals surface area contributed by atoms with Gasteiger partial charge in [0, 0.05) is 11.4 Å². The SMILES string of the molecule is CC(C)c1ccc(C2Nc3ccccc3C(=O)N2c2ccc3ccccc3c2)cc1. The van der Waals surface area contributed by atoms with E-state index in [4.69, 9.17) is 0 Å². The summed E-state index contributed by atoms with van der Waals surface area (Å²) in [5.41, 5.74) is 4.81. The quantitative estimate of drug-likeness (QED) is 0.419. The Kier molecular flexibility index (Phi) is 4.51. The second-order valence-electron chi connectivity index (χ2n) is 8.12. The van der Waals surface area contributed by atoms with E-state index in [2.05, 4.69) is 67.7 Å². The van der Waals surface area contributed by atoms with E-state index in [0.717, 1.165) is 27.7 Å². The minimum absolute atomic E-state index is 0.0116. The van der Waals surface area contributed by atoms with Gasteiger partial charge in [0.2, 0.25) is 0 Å². The molecule has 0 radical (unpaired) electrons. The second kappa shape index (κ2) is 7.34. The molecule has 0 saturated carbocycles. The first-order chi connectivity index (χ1) is 14.6. The smallest absolute Gasteiger partial charge is 0.262 e. The zero-order valence-corrected chi connectivity index (χ0v) is 17.2. The molecule has 0 fully saturated rings. The predicted octanol–water partition coefficient (Wildman–Crippen LogP) is 6.73. The van der Waals surface area contributed by atoms with Crippen LogP contribution in [0, 0.1) is 0 Å². The van der Waals surface area contributed by atoms with E-state index in [9.17, 15) is 4.79 Å². The number of nitrogens with zero attached hydrogens (tertiary/aromatic N) is 1. The number of para-hydroxylation sites is 1. The van der Waals surface area contributed by atoms with Crippen LogP contribution in [0.5, 0.6) is 0 Å². The van der Waals surface area contributed by atoms with Crippen molar-refractivity contribution in [3.8, 4) is 0 Å². The normalized spacial score (nSPS) is 15.9. The number of nitrogens with one attached hydrogen (secondary N) is 1. The van der Waals surface area contributed by atoms with Crippen LogP contribution in [0.25, 0.3) is 10.8 Å². The van der Waals surface area contributed by atoms with Crippen molar-refractivity contribution in [2.75, 3.05) is 10.2 Å². The molecule has 3 heteroatoms. The molecule has 1 heterocycles. The third-order valence-electron chi connectivity index (χ3n) is 5.86. The molecule has 148 valence electrons. The van der Waals surface area contributed by atoms with Crippen molar-refractivity contribution in [2.45, 2.75) is 25.9 Å². The van der Waals surface area contributed by atoms with Gasteiger partial charge in [-0.3, -0.25) is 9.69 Å². The maximum Gasteiger partial charge on any atom is 0.262 e. The number of amides is 1. The van der Waals surface area contributed by atoms with Crippen LogP contribution in [0.15, 0.2) is 91.0 Å². The van der Waals surface area contributed by atoms with E-state index in [0.29, 0.717) is 11.5 Å². The highest BCUT2D eigenvalue weighted by Gasteiger charge is 2.34. The van der Waals surface area contributed by atoms with Crippen LogP contribution in [0.3, 0.4) is 0 Å². The van der Waals surface area contributed by atoms with Crippen LogP contribution in [-0.4, -0.2) is 5.91 Å². The number of anilines is 2. The van der Waals surface area contributed by atoms with Crippen LogP contribution >= 0.6 is 0 Å². The third kappa shape index (κ3) is 3.13. The monoisotopic (exact) mass is 392 g/mol. The lowest BCUT2D eigenvalue weighted by Gasteiger charge is -2.38. The molecule has 1 unspecified atom stereocenters. The van der Waals surface area contributed by atoms with Gasteiger partial charge in [-0.15, -0.1) is 0 Å². The van der Waals surface area contributed by atoms with Crippen LogP contribution in [0.2, 0.25) is 0 Å². The van der Waals surface area contributed by atoms with Gasteiger partial charge in [0.15, 0.2) is 0 Å². The van der Waals surface area contributed by atoms with Crippen molar-refractivity contribution in [1.29, 1.82) is 0 Å². The molecular formula is C27H24N2O. The number of benzene rings is 4. The molecule has 5 rings (SSSR count). The Morgan fingerprint density at radius 1 is 0.800 bits per heavy atom. The molecule has 0 bridgehead atoms. The standard InChI is InChI=1S/C27H24N2O/c1-18(2)19-11-13-21(14-12-19)26-28-25-10-6-5-9-24(25)27(30)29(26)23-16-15-20-7-3-4-8-22(20)17-23/h3-18,26,28H,1-2H3. The summed E-state index contributed by atoms with van der Waals surface area (Å²) in [5, 5.41) is 5.88. The summed E-state index contributed by atoms with van der Waals surface area (Å²) in [6.07, 6.45) is -0.269. The van der Waals surface area contributed by atoms with Crippen molar-refractivity contribution < 1.29 is 4.79 Å². The average molecular weight is 393 g/mol. The molecule has 1 aliphatic rings. The molecular weight excluding hydrogens is 368 g/mol. The molecule has 1 aliphatic heterocycles. The molecule has 1 amide bonds. The summed E-state index contributed by atoms with van der Waals surface area (Å²) in [7, 11) is 0. The van der Waals surface area contributed by atoms with E-state index < -0.39 is 0 Å². The fourth-order valence-corrected chi connectivity index (χ4v) is 4.14. The number of rotatable bonds is 3. The van der Waals surface area contributed by atoms with Crippen molar-refractivity contribution in [3.63, 3.8) is 0 Å².